The Morgan fingerprint density at radius 2 is 1.75 bits per heavy atom. The number of nitrogens with zero attached hydrogens (tertiary/aromatic N) is 3. The Kier molecular flexibility index (Phi) is 11.5. The van der Waals surface area contributed by atoms with Crippen LogP contribution in [-0.4, -0.2) is 93.1 Å². The van der Waals surface area contributed by atoms with E-state index < -0.39 is 23.1 Å². The minimum Gasteiger partial charge on any atom is -0.444 e. The van der Waals surface area contributed by atoms with Gasteiger partial charge in [-0.25, -0.2) is 4.79 Å². The van der Waals surface area contributed by atoms with E-state index in [4.69, 9.17) is 4.74 Å². The lowest BCUT2D eigenvalue weighted by molar-refractivity contribution is -0.137. The maximum absolute atomic E-state index is 13.8. The van der Waals surface area contributed by atoms with Crippen molar-refractivity contribution in [1.29, 1.82) is 0 Å². The van der Waals surface area contributed by atoms with E-state index in [1.165, 1.54) is 54.3 Å². The molecule has 3 amide bonds. The highest BCUT2D eigenvalue weighted by Crippen LogP contribution is 2.30. The molecule has 1 N–H and O–H groups in total. The predicted molar refractivity (Wildman–Crippen MR) is 163 cm³/mol. The van der Waals surface area contributed by atoms with E-state index in [0.717, 1.165) is 25.4 Å². The van der Waals surface area contributed by atoms with E-state index in [-0.39, 0.29) is 11.8 Å². The van der Waals surface area contributed by atoms with Gasteiger partial charge in [0.2, 0.25) is 5.91 Å². The lowest BCUT2D eigenvalue weighted by Crippen LogP contribution is -2.57. The van der Waals surface area contributed by atoms with Crippen molar-refractivity contribution in [2.24, 2.45) is 5.92 Å². The fourth-order valence-corrected chi connectivity index (χ4v) is 7.64. The van der Waals surface area contributed by atoms with Gasteiger partial charge in [-0.2, -0.15) is 11.8 Å². The number of nitrogens with one attached hydrogen (secondary N) is 1. The first-order valence-corrected chi connectivity index (χ1v) is 16.8. The summed E-state index contributed by atoms with van der Waals surface area (Å²) in [6.45, 7) is 10.9. The zero-order chi connectivity index (χ0) is 28.5. The van der Waals surface area contributed by atoms with Crippen LogP contribution >= 0.6 is 23.5 Å². The second-order valence-corrected chi connectivity index (χ2v) is 14.1. The maximum Gasteiger partial charge on any atom is 0.411 e. The average Bonchev–Trinajstić information content (AvgIpc) is 3.44. The Hall–Kier alpha value is -1.91. The van der Waals surface area contributed by atoms with E-state index in [2.05, 4.69) is 34.5 Å². The maximum atomic E-state index is 13.8. The molecule has 2 atom stereocenters. The van der Waals surface area contributed by atoms with Crippen molar-refractivity contribution in [1.82, 2.24) is 20.0 Å². The summed E-state index contributed by atoms with van der Waals surface area (Å²) in [5, 5.41) is 2.30. The molecule has 3 aliphatic rings. The highest BCUT2D eigenvalue weighted by atomic mass is 32.2. The van der Waals surface area contributed by atoms with Gasteiger partial charge in [0, 0.05) is 44.2 Å². The summed E-state index contributed by atoms with van der Waals surface area (Å²) < 4.78 is 5.51. The number of ether oxygens (including phenoxy) is 1. The monoisotopic (exact) mass is 589 g/mol. The number of amides is 3. The molecule has 1 radical (unpaired) electrons. The highest BCUT2D eigenvalue weighted by molar-refractivity contribution is 8.01. The highest BCUT2D eigenvalue weighted by Gasteiger charge is 2.39. The standard InChI is InChI=1S/C30H45N4O4S2/c1-30(2,3)38-29(37)34-18-19-40-28(34)26(35)31-25(22-39-21-24-12-8-5-9-13-24)27(36)33-16-14-32(15-17-33)20-23-10-6-4-7-11-23/h4,6-7,10-11,18,24-25,28H,5,8-9,12-17,19-22H2,1-3H3,(H,31,35). The van der Waals surface area contributed by atoms with Crippen molar-refractivity contribution in [3.05, 3.63) is 42.4 Å². The van der Waals surface area contributed by atoms with Gasteiger partial charge in [0.05, 0.1) is 6.54 Å². The fraction of sp³-hybridized carbons (Fsp3) is 0.667. The Balaban J connectivity index is 1.36. The summed E-state index contributed by atoms with van der Waals surface area (Å²) >= 11 is 3.14. The van der Waals surface area contributed by atoms with Crippen LogP contribution in [0, 0.1) is 12.5 Å². The lowest BCUT2D eigenvalue weighted by Gasteiger charge is -2.37. The Bertz CT molecular complexity index is 976. The number of carbonyl (C=O) groups is 3. The second kappa shape index (κ2) is 14.8. The molecule has 1 aliphatic carbocycles. The molecule has 2 unspecified atom stereocenters. The summed E-state index contributed by atoms with van der Waals surface area (Å²) in [5.41, 5.74) is 0.614. The van der Waals surface area contributed by atoms with Gasteiger partial charge in [0.15, 0.2) is 5.37 Å². The van der Waals surface area contributed by atoms with Crippen molar-refractivity contribution in [2.45, 2.75) is 76.4 Å². The number of hydrogen-bond donors (Lipinski definition) is 1. The third-order valence-electron chi connectivity index (χ3n) is 7.52. The molecule has 0 spiro atoms. The number of thioether (sulfide) groups is 2. The number of hydrogen-bond acceptors (Lipinski definition) is 7. The topological polar surface area (TPSA) is 82.2 Å². The van der Waals surface area contributed by atoms with Gasteiger partial charge in [-0.3, -0.25) is 19.4 Å². The van der Waals surface area contributed by atoms with Gasteiger partial charge >= 0.3 is 6.09 Å². The van der Waals surface area contributed by atoms with Gasteiger partial charge in [-0.05, 0) is 50.8 Å². The van der Waals surface area contributed by atoms with Crippen molar-refractivity contribution >= 4 is 41.4 Å². The zero-order valence-corrected chi connectivity index (χ0v) is 25.8. The summed E-state index contributed by atoms with van der Waals surface area (Å²) in [6, 6.07) is 9.77. The molecule has 8 nitrogen and oxygen atoms in total. The second-order valence-electron chi connectivity index (χ2n) is 11.9. The molecule has 2 aliphatic heterocycles. The first kappa shape index (κ1) is 31.0. The molecule has 1 aromatic carbocycles. The van der Waals surface area contributed by atoms with E-state index in [0.29, 0.717) is 30.5 Å². The number of rotatable bonds is 9. The fourth-order valence-electron chi connectivity index (χ4n) is 5.39. The van der Waals surface area contributed by atoms with Crippen molar-refractivity contribution in [3.63, 3.8) is 0 Å². The van der Waals surface area contributed by atoms with Crippen molar-refractivity contribution in [3.8, 4) is 0 Å². The van der Waals surface area contributed by atoms with Crippen LogP contribution in [0.5, 0.6) is 0 Å². The van der Waals surface area contributed by atoms with Crippen molar-refractivity contribution < 1.29 is 19.1 Å². The molecule has 0 bridgehead atoms. The van der Waals surface area contributed by atoms with Gasteiger partial charge in [-0.1, -0.05) is 49.6 Å². The normalized spacial score (nSPS) is 21.7. The molecule has 2 heterocycles. The van der Waals surface area contributed by atoms with Crippen molar-refractivity contribution in [2.75, 3.05) is 43.4 Å². The van der Waals surface area contributed by atoms with E-state index in [1.807, 2.05) is 11.0 Å². The van der Waals surface area contributed by atoms with Gasteiger partial charge < -0.3 is 15.0 Å². The molecule has 4 rings (SSSR count). The van der Waals surface area contributed by atoms with E-state index in [1.54, 1.807) is 39.1 Å². The Morgan fingerprint density at radius 3 is 2.42 bits per heavy atom. The largest absolute Gasteiger partial charge is 0.444 e. The molecule has 221 valence electrons. The third kappa shape index (κ3) is 9.31. The molecular formula is C30H45N4O4S2. The molecule has 10 heteroatoms. The van der Waals surface area contributed by atoms with Crippen LogP contribution in [0.2, 0.25) is 0 Å². The minimum absolute atomic E-state index is 0.0281. The van der Waals surface area contributed by atoms with E-state index in [9.17, 15) is 14.4 Å². The van der Waals surface area contributed by atoms with E-state index >= 15 is 0 Å². The number of benzene rings is 1. The number of carbonyl (C=O) groups excluding carboxylic acids is 3. The first-order valence-electron chi connectivity index (χ1n) is 14.6. The molecule has 40 heavy (non-hydrogen) atoms. The van der Waals surface area contributed by atoms with Crippen LogP contribution in [0.3, 0.4) is 0 Å². The SMILES string of the molecule is CC(C)(C)OC(=O)N1[CH]CSC1C(=O)NC(CSCC1CCCCC1)C(=O)N1CCN(Cc2ccccc2)CC1. The predicted octanol–water partition coefficient (Wildman–Crippen LogP) is 4.60. The zero-order valence-electron chi connectivity index (χ0n) is 24.2. The van der Waals surface area contributed by atoms with Crippen LogP contribution in [0.1, 0.15) is 58.4 Å². The van der Waals surface area contributed by atoms with Crippen LogP contribution in [0.25, 0.3) is 0 Å². The molecule has 1 saturated carbocycles. The van der Waals surface area contributed by atoms with Crippen LogP contribution in [0.4, 0.5) is 4.79 Å². The van der Waals surface area contributed by atoms with Gasteiger partial charge in [0.25, 0.3) is 5.91 Å². The lowest BCUT2D eigenvalue weighted by atomic mass is 9.91. The Labute approximate surface area is 248 Å². The molecule has 3 fully saturated rings. The molecule has 2 saturated heterocycles. The third-order valence-corrected chi connectivity index (χ3v) is 9.89. The van der Waals surface area contributed by atoms with Crippen LogP contribution < -0.4 is 5.32 Å². The number of piperazine rings is 1. The van der Waals surface area contributed by atoms with Gasteiger partial charge in [0.1, 0.15) is 11.6 Å². The molecule has 0 aromatic heterocycles. The summed E-state index contributed by atoms with van der Waals surface area (Å²) in [7, 11) is 0. The Morgan fingerprint density at radius 1 is 1.05 bits per heavy atom. The summed E-state index contributed by atoms with van der Waals surface area (Å²) in [6.07, 6.45) is 5.85. The van der Waals surface area contributed by atoms with Gasteiger partial charge in [-0.15, -0.1) is 11.8 Å². The summed E-state index contributed by atoms with van der Waals surface area (Å²) in [4.78, 5) is 45.6. The molecule has 1 aromatic rings. The van der Waals surface area contributed by atoms with Crippen LogP contribution in [-0.2, 0) is 20.9 Å². The smallest absolute Gasteiger partial charge is 0.411 e. The molecular weight excluding hydrogens is 544 g/mol. The van der Waals surface area contributed by atoms with Crippen LogP contribution in [0.15, 0.2) is 30.3 Å². The first-order chi connectivity index (χ1) is 19.2. The minimum atomic E-state index is -0.740. The average molecular weight is 590 g/mol. The summed E-state index contributed by atoms with van der Waals surface area (Å²) in [5.74, 6) is 2.44. The quantitative estimate of drug-likeness (QED) is 0.451.